The number of hydrogen-bond donors (Lipinski definition) is 2. The summed E-state index contributed by atoms with van der Waals surface area (Å²) < 4.78 is 17.0. The second-order valence-corrected chi connectivity index (χ2v) is 10.5. The number of rotatable bonds is 11. The van der Waals surface area contributed by atoms with Gasteiger partial charge in [0.15, 0.2) is 12.2 Å². The zero-order chi connectivity index (χ0) is 30.2. The van der Waals surface area contributed by atoms with Crippen molar-refractivity contribution in [2.75, 3.05) is 19.0 Å². The van der Waals surface area contributed by atoms with Gasteiger partial charge in [0.25, 0.3) is 17.0 Å². The first-order valence-electron chi connectivity index (χ1n) is 13.5. The SMILES string of the molecule is COc1ccc(/C=N/NC(=O)c2ccc(NC(=O)COc3cccc(C)c3C)cc2)cc1CSc1nc2ccccc2o1. The van der Waals surface area contributed by atoms with Crippen LogP contribution in [0.25, 0.3) is 11.1 Å². The fourth-order valence-electron chi connectivity index (χ4n) is 4.20. The molecule has 0 radical (unpaired) electrons. The van der Waals surface area contributed by atoms with E-state index in [1.165, 1.54) is 11.8 Å². The lowest BCUT2D eigenvalue weighted by Gasteiger charge is -2.11. The number of oxazole rings is 1. The number of carbonyl (C=O) groups is 2. The minimum absolute atomic E-state index is 0.121. The molecule has 1 heterocycles. The van der Waals surface area contributed by atoms with Crippen LogP contribution >= 0.6 is 11.8 Å². The number of hydrogen-bond acceptors (Lipinski definition) is 8. The minimum Gasteiger partial charge on any atom is -0.496 e. The average molecular weight is 595 g/mol. The van der Waals surface area contributed by atoms with Gasteiger partial charge in [-0.15, -0.1) is 0 Å². The first-order chi connectivity index (χ1) is 20.9. The maximum Gasteiger partial charge on any atom is 0.271 e. The summed E-state index contributed by atoms with van der Waals surface area (Å²) in [6, 6.07) is 25.5. The molecule has 10 heteroatoms. The monoisotopic (exact) mass is 594 g/mol. The van der Waals surface area contributed by atoms with Gasteiger partial charge in [-0.3, -0.25) is 9.59 Å². The third-order valence-electron chi connectivity index (χ3n) is 6.65. The lowest BCUT2D eigenvalue weighted by atomic mass is 10.1. The van der Waals surface area contributed by atoms with Crippen LogP contribution in [0.3, 0.4) is 0 Å². The molecule has 5 aromatic rings. The lowest BCUT2D eigenvalue weighted by molar-refractivity contribution is -0.118. The molecule has 0 aliphatic rings. The minimum atomic E-state index is -0.382. The van der Waals surface area contributed by atoms with Crippen LogP contribution in [0, 0.1) is 13.8 Å². The summed E-state index contributed by atoms with van der Waals surface area (Å²) in [4.78, 5) is 29.5. The molecule has 0 saturated carbocycles. The van der Waals surface area contributed by atoms with E-state index in [-0.39, 0.29) is 18.4 Å². The number of aromatic nitrogens is 1. The predicted molar refractivity (Wildman–Crippen MR) is 168 cm³/mol. The number of benzene rings is 4. The van der Waals surface area contributed by atoms with Crippen LogP contribution in [-0.4, -0.2) is 36.7 Å². The summed E-state index contributed by atoms with van der Waals surface area (Å²) in [6.07, 6.45) is 1.56. The van der Waals surface area contributed by atoms with E-state index >= 15 is 0 Å². The van der Waals surface area contributed by atoms with E-state index in [1.807, 2.05) is 74.5 Å². The molecule has 0 bridgehead atoms. The van der Waals surface area contributed by atoms with Gasteiger partial charge in [-0.25, -0.2) is 10.4 Å². The number of ether oxygens (including phenoxy) is 2. The van der Waals surface area contributed by atoms with Crippen LogP contribution in [-0.2, 0) is 10.5 Å². The maximum absolute atomic E-state index is 12.6. The van der Waals surface area contributed by atoms with Gasteiger partial charge in [0.2, 0.25) is 0 Å². The number of methoxy groups -OCH3 is 1. The summed E-state index contributed by atoms with van der Waals surface area (Å²) in [5.41, 5.74) is 8.85. The van der Waals surface area contributed by atoms with Crippen molar-refractivity contribution in [3.8, 4) is 11.5 Å². The highest BCUT2D eigenvalue weighted by molar-refractivity contribution is 7.98. The van der Waals surface area contributed by atoms with Crippen LogP contribution < -0.4 is 20.2 Å². The number of aryl methyl sites for hydroxylation is 1. The molecule has 1 aromatic heterocycles. The maximum atomic E-state index is 12.6. The van der Waals surface area contributed by atoms with Crippen molar-refractivity contribution in [3.63, 3.8) is 0 Å². The van der Waals surface area contributed by atoms with Crippen molar-refractivity contribution in [2.45, 2.75) is 24.8 Å². The summed E-state index contributed by atoms with van der Waals surface area (Å²) >= 11 is 1.47. The predicted octanol–water partition coefficient (Wildman–Crippen LogP) is 6.53. The Hall–Kier alpha value is -5.09. The Balaban J connectivity index is 1.13. The molecule has 0 fully saturated rings. The third kappa shape index (κ3) is 7.60. The quantitative estimate of drug-likeness (QED) is 0.102. The second-order valence-electron chi connectivity index (χ2n) is 9.62. The number of anilines is 1. The van der Waals surface area contributed by atoms with E-state index in [9.17, 15) is 9.59 Å². The highest BCUT2D eigenvalue weighted by Gasteiger charge is 2.11. The van der Waals surface area contributed by atoms with Gasteiger partial charge in [0, 0.05) is 22.6 Å². The average Bonchev–Trinajstić information content (AvgIpc) is 3.44. The van der Waals surface area contributed by atoms with Crippen LogP contribution in [0.1, 0.15) is 32.6 Å². The van der Waals surface area contributed by atoms with Crippen LogP contribution in [0.4, 0.5) is 5.69 Å². The molecular weight excluding hydrogens is 564 g/mol. The number of amides is 2. The number of nitrogens with zero attached hydrogens (tertiary/aromatic N) is 2. The Kier molecular flexibility index (Phi) is 9.38. The molecule has 5 rings (SSSR count). The molecule has 2 amide bonds. The lowest BCUT2D eigenvalue weighted by Crippen LogP contribution is -2.21. The Morgan fingerprint density at radius 3 is 2.58 bits per heavy atom. The van der Waals surface area contributed by atoms with Gasteiger partial charge < -0.3 is 19.2 Å². The van der Waals surface area contributed by atoms with Gasteiger partial charge in [-0.05, 0) is 91.2 Å². The molecule has 0 atom stereocenters. The van der Waals surface area contributed by atoms with Crippen molar-refractivity contribution in [1.82, 2.24) is 10.4 Å². The fourth-order valence-corrected chi connectivity index (χ4v) is 5.02. The fraction of sp³-hybridized carbons (Fsp3) is 0.152. The Labute approximate surface area is 253 Å². The Morgan fingerprint density at radius 1 is 0.977 bits per heavy atom. The smallest absolute Gasteiger partial charge is 0.271 e. The van der Waals surface area contributed by atoms with Crippen molar-refractivity contribution < 1.29 is 23.5 Å². The molecular formula is C33H30N4O5S. The van der Waals surface area contributed by atoms with E-state index in [0.717, 1.165) is 39.1 Å². The van der Waals surface area contributed by atoms with Crippen LogP contribution in [0.5, 0.6) is 11.5 Å². The summed E-state index contributed by atoms with van der Waals surface area (Å²) in [5.74, 6) is 1.30. The number of carbonyl (C=O) groups excluding carboxylic acids is 2. The van der Waals surface area contributed by atoms with E-state index in [0.29, 0.717) is 28.0 Å². The zero-order valence-electron chi connectivity index (χ0n) is 23.9. The number of fused-ring (bicyclic) bond motifs is 1. The molecule has 43 heavy (non-hydrogen) atoms. The zero-order valence-corrected chi connectivity index (χ0v) is 24.7. The largest absolute Gasteiger partial charge is 0.496 e. The van der Waals surface area contributed by atoms with Gasteiger partial charge >= 0.3 is 0 Å². The van der Waals surface area contributed by atoms with E-state index in [4.69, 9.17) is 13.9 Å². The van der Waals surface area contributed by atoms with Gasteiger partial charge in [0.05, 0.1) is 13.3 Å². The van der Waals surface area contributed by atoms with E-state index < -0.39 is 0 Å². The van der Waals surface area contributed by atoms with E-state index in [1.54, 1.807) is 37.6 Å². The molecule has 9 nitrogen and oxygen atoms in total. The highest BCUT2D eigenvalue weighted by atomic mass is 32.2. The van der Waals surface area contributed by atoms with Crippen LogP contribution in [0.2, 0.25) is 0 Å². The summed E-state index contributed by atoms with van der Waals surface area (Å²) in [5, 5.41) is 7.46. The number of para-hydroxylation sites is 2. The molecule has 0 aliphatic carbocycles. The molecule has 0 spiro atoms. The Bertz CT molecular complexity index is 1750. The van der Waals surface area contributed by atoms with Crippen molar-refractivity contribution in [1.29, 1.82) is 0 Å². The first-order valence-corrected chi connectivity index (χ1v) is 14.5. The first kappa shape index (κ1) is 29.4. The molecule has 0 aliphatic heterocycles. The van der Waals surface area contributed by atoms with Gasteiger partial charge in [-0.1, -0.05) is 36.0 Å². The standard InChI is InChI=1S/C33H30N4O5S/c1-21-7-6-10-28(22(21)2)41-19-31(38)35-26-14-12-24(13-15-26)32(39)37-34-18-23-11-16-29(40-3)25(17-23)20-43-33-36-27-8-4-5-9-30(27)42-33/h4-18H,19-20H2,1-3H3,(H,35,38)(H,37,39)/b34-18+. The second kappa shape index (κ2) is 13.7. The molecule has 218 valence electrons. The van der Waals surface area contributed by atoms with Crippen molar-refractivity contribution >= 4 is 46.6 Å². The number of hydrazone groups is 1. The Morgan fingerprint density at radius 2 is 1.79 bits per heavy atom. The summed E-state index contributed by atoms with van der Waals surface area (Å²) in [6.45, 7) is 3.82. The molecule has 4 aromatic carbocycles. The highest BCUT2D eigenvalue weighted by Crippen LogP contribution is 2.30. The topological polar surface area (TPSA) is 115 Å². The van der Waals surface area contributed by atoms with E-state index in [2.05, 4.69) is 20.8 Å². The number of nitrogens with one attached hydrogen (secondary N) is 2. The molecule has 0 saturated heterocycles. The normalized spacial score (nSPS) is 11.0. The molecule has 2 N–H and O–H groups in total. The number of thioether (sulfide) groups is 1. The van der Waals surface area contributed by atoms with Crippen molar-refractivity contribution in [3.05, 3.63) is 113 Å². The third-order valence-corrected chi connectivity index (χ3v) is 7.53. The van der Waals surface area contributed by atoms with Gasteiger partial charge in [-0.2, -0.15) is 5.10 Å². The van der Waals surface area contributed by atoms with Gasteiger partial charge in [0.1, 0.15) is 17.0 Å². The van der Waals surface area contributed by atoms with Crippen molar-refractivity contribution in [2.24, 2.45) is 5.10 Å². The molecule has 0 unspecified atom stereocenters. The van der Waals surface area contributed by atoms with Crippen LogP contribution in [0.15, 0.2) is 99.7 Å². The summed E-state index contributed by atoms with van der Waals surface area (Å²) in [7, 11) is 1.62.